The Morgan fingerprint density at radius 3 is 2.56 bits per heavy atom. The Bertz CT molecular complexity index is 576. The molecule has 0 bridgehead atoms. The van der Waals surface area contributed by atoms with Gasteiger partial charge >= 0.3 is 5.97 Å². The van der Waals surface area contributed by atoms with E-state index in [9.17, 15) is 22.0 Å². The fourth-order valence-corrected chi connectivity index (χ4v) is 2.50. The van der Waals surface area contributed by atoms with E-state index in [1.54, 1.807) is 4.72 Å². The smallest absolute Gasteiger partial charge is 0.340 e. The standard InChI is InChI=1S/C9H8ClF2NO4S/c10-5-1-2-6(8(12)7(5)9(14)15)18(16,17)13-4-3-11/h1-2,13H,3-4H2,(H,14,15). The fourth-order valence-electron chi connectivity index (χ4n) is 1.19. The predicted molar refractivity (Wildman–Crippen MR) is 59.5 cm³/mol. The van der Waals surface area contributed by atoms with Gasteiger partial charge in [0.2, 0.25) is 10.0 Å². The number of hydrogen-bond acceptors (Lipinski definition) is 3. The first kappa shape index (κ1) is 14.8. The van der Waals surface area contributed by atoms with Crippen LogP contribution in [0, 0.1) is 5.82 Å². The Labute approximate surface area is 106 Å². The number of nitrogens with one attached hydrogen (secondary N) is 1. The zero-order valence-electron chi connectivity index (χ0n) is 8.78. The molecule has 1 aromatic carbocycles. The van der Waals surface area contributed by atoms with Gasteiger partial charge in [-0.2, -0.15) is 0 Å². The molecule has 0 aliphatic carbocycles. The molecule has 0 spiro atoms. The third-order valence-electron chi connectivity index (χ3n) is 1.95. The van der Waals surface area contributed by atoms with E-state index in [4.69, 9.17) is 16.7 Å². The van der Waals surface area contributed by atoms with E-state index in [-0.39, 0.29) is 0 Å². The molecule has 0 heterocycles. The first-order valence-electron chi connectivity index (χ1n) is 4.58. The van der Waals surface area contributed by atoms with Crippen molar-refractivity contribution in [1.82, 2.24) is 4.72 Å². The normalized spacial score (nSPS) is 11.5. The van der Waals surface area contributed by atoms with Crippen LogP contribution in [0.25, 0.3) is 0 Å². The predicted octanol–water partition coefficient (Wildman–Crippen LogP) is 1.43. The minimum Gasteiger partial charge on any atom is -0.478 e. The highest BCUT2D eigenvalue weighted by Crippen LogP contribution is 2.25. The Kier molecular flexibility index (Phi) is 4.60. The summed E-state index contributed by atoms with van der Waals surface area (Å²) in [6.07, 6.45) is 0. The molecule has 0 aromatic heterocycles. The highest BCUT2D eigenvalue weighted by atomic mass is 35.5. The Morgan fingerprint density at radius 1 is 1.44 bits per heavy atom. The maximum atomic E-state index is 13.7. The van der Waals surface area contributed by atoms with Gasteiger partial charge in [0.1, 0.15) is 17.1 Å². The van der Waals surface area contributed by atoms with Crippen molar-refractivity contribution in [1.29, 1.82) is 0 Å². The van der Waals surface area contributed by atoms with Crippen LogP contribution in [0.4, 0.5) is 8.78 Å². The van der Waals surface area contributed by atoms with Crippen molar-refractivity contribution in [3.8, 4) is 0 Å². The molecular formula is C9H8ClF2NO4S. The van der Waals surface area contributed by atoms with Crippen LogP contribution in [0.2, 0.25) is 5.02 Å². The number of sulfonamides is 1. The van der Waals surface area contributed by atoms with Crippen molar-refractivity contribution in [2.45, 2.75) is 4.90 Å². The van der Waals surface area contributed by atoms with Crippen LogP contribution in [0.15, 0.2) is 17.0 Å². The van der Waals surface area contributed by atoms with Gasteiger partial charge in [-0.25, -0.2) is 26.7 Å². The molecule has 0 saturated carbocycles. The SMILES string of the molecule is O=C(O)c1c(Cl)ccc(S(=O)(=O)NCCF)c1F. The summed E-state index contributed by atoms with van der Waals surface area (Å²) in [7, 11) is -4.31. The first-order valence-corrected chi connectivity index (χ1v) is 6.44. The monoisotopic (exact) mass is 299 g/mol. The van der Waals surface area contributed by atoms with E-state index in [1.807, 2.05) is 0 Å². The second kappa shape index (κ2) is 5.59. The van der Waals surface area contributed by atoms with Gasteiger partial charge in [0, 0.05) is 6.54 Å². The minimum absolute atomic E-state index is 0.426. The number of halogens is 3. The molecule has 0 fully saturated rings. The lowest BCUT2D eigenvalue weighted by atomic mass is 10.2. The molecular weight excluding hydrogens is 292 g/mol. The van der Waals surface area contributed by atoms with Crippen LogP contribution in [-0.4, -0.2) is 32.7 Å². The van der Waals surface area contributed by atoms with E-state index in [2.05, 4.69) is 0 Å². The molecule has 2 N–H and O–H groups in total. The van der Waals surface area contributed by atoms with E-state index >= 15 is 0 Å². The summed E-state index contributed by atoms with van der Waals surface area (Å²) < 4.78 is 50.5. The summed E-state index contributed by atoms with van der Waals surface area (Å²) >= 11 is 5.45. The summed E-state index contributed by atoms with van der Waals surface area (Å²) in [6, 6.07) is 1.75. The summed E-state index contributed by atoms with van der Waals surface area (Å²) in [4.78, 5) is 9.85. The number of carbonyl (C=O) groups is 1. The lowest BCUT2D eigenvalue weighted by Crippen LogP contribution is -2.27. The summed E-state index contributed by atoms with van der Waals surface area (Å²) in [6.45, 7) is -1.51. The lowest BCUT2D eigenvalue weighted by Gasteiger charge is -2.08. The third kappa shape index (κ3) is 2.95. The van der Waals surface area contributed by atoms with Crippen molar-refractivity contribution >= 4 is 27.6 Å². The van der Waals surface area contributed by atoms with Gasteiger partial charge in [0.05, 0.1) is 5.02 Å². The van der Waals surface area contributed by atoms with Crippen LogP contribution in [-0.2, 0) is 10.0 Å². The quantitative estimate of drug-likeness (QED) is 0.861. The van der Waals surface area contributed by atoms with Crippen LogP contribution < -0.4 is 4.72 Å². The number of rotatable bonds is 5. The van der Waals surface area contributed by atoms with E-state index in [0.717, 1.165) is 12.1 Å². The first-order chi connectivity index (χ1) is 8.31. The zero-order chi connectivity index (χ0) is 13.9. The average Bonchev–Trinajstić information content (AvgIpc) is 2.25. The molecule has 100 valence electrons. The number of aromatic carboxylic acids is 1. The lowest BCUT2D eigenvalue weighted by molar-refractivity contribution is 0.0691. The summed E-state index contributed by atoms with van der Waals surface area (Å²) in [5, 5.41) is 8.29. The number of carboxylic acid groups (broad SMARTS) is 1. The topological polar surface area (TPSA) is 83.5 Å². The molecule has 1 aromatic rings. The van der Waals surface area contributed by atoms with E-state index in [1.165, 1.54) is 0 Å². The summed E-state index contributed by atoms with van der Waals surface area (Å²) in [5.74, 6) is -3.18. The molecule has 0 atom stereocenters. The Hall–Kier alpha value is -1.25. The number of carboxylic acids is 1. The van der Waals surface area contributed by atoms with Gasteiger partial charge in [0.15, 0.2) is 5.82 Å². The molecule has 0 aliphatic heterocycles. The van der Waals surface area contributed by atoms with Gasteiger partial charge in [-0.1, -0.05) is 11.6 Å². The Morgan fingerprint density at radius 2 is 2.06 bits per heavy atom. The molecule has 0 aliphatic rings. The van der Waals surface area contributed by atoms with Crippen LogP contribution in [0.5, 0.6) is 0 Å². The third-order valence-corrected chi connectivity index (χ3v) is 3.74. The van der Waals surface area contributed by atoms with Crippen LogP contribution in [0.3, 0.4) is 0 Å². The van der Waals surface area contributed by atoms with Gasteiger partial charge in [-0.15, -0.1) is 0 Å². The molecule has 18 heavy (non-hydrogen) atoms. The Balaban J connectivity index is 3.36. The minimum atomic E-state index is -4.31. The molecule has 5 nitrogen and oxygen atoms in total. The van der Waals surface area contributed by atoms with Crippen molar-refractivity contribution in [2.24, 2.45) is 0 Å². The molecule has 0 unspecified atom stereocenters. The second-order valence-electron chi connectivity index (χ2n) is 3.13. The fraction of sp³-hybridized carbons (Fsp3) is 0.222. The maximum absolute atomic E-state index is 13.7. The molecule has 9 heteroatoms. The second-order valence-corrected chi connectivity index (χ2v) is 5.27. The molecule has 1 rings (SSSR count). The van der Waals surface area contributed by atoms with Crippen molar-refractivity contribution in [3.05, 3.63) is 28.5 Å². The molecule has 0 radical (unpaired) electrons. The highest BCUT2D eigenvalue weighted by molar-refractivity contribution is 7.89. The molecule has 0 amide bonds. The molecule has 0 saturated heterocycles. The van der Waals surface area contributed by atoms with Gasteiger partial charge in [0.25, 0.3) is 0 Å². The van der Waals surface area contributed by atoms with Gasteiger partial charge in [-0.3, -0.25) is 0 Å². The average molecular weight is 300 g/mol. The van der Waals surface area contributed by atoms with Crippen molar-refractivity contribution in [3.63, 3.8) is 0 Å². The van der Waals surface area contributed by atoms with Gasteiger partial charge in [-0.05, 0) is 12.1 Å². The largest absolute Gasteiger partial charge is 0.478 e. The van der Waals surface area contributed by atoms with Crippen molar-refractivity contribution in [2.75, 3.05) is 13.2 Å². The zero-order valence-corrected chi connectivity index (χ0v) is 10.4. The van der Waals surface area contributed by atoms with E-state index in [0.29, 0.717) is 0 Å². The maximum Gasteiger partial charge on any atom is 0.340 e. The van der Waals surface area contributed by atoms with Crippen molar-refractivity contribution < 1.29 is 27.1 Å². The number of alkyl halides is 1. The van der Waals surface area contributed by atoms with E-state index < -0.39 is 50.5 Å². The van der Waals surface area contributed by atoms with Crippen LogP contribution >= 0.6 is 11.6 Å². The van der Waals surface area contributed by atoms with Gasteiger partial charge < -0.3 is 5.11 Å². The number of benzene rings is 1. The van der Waals surface area contributed by atoms with Crippen LogP contribution in [0.1, 0.15) is 10.4 Å². The highest BCUT2D eigenvalue weighted by Gasteiger charge is 2.25. The number of hydrogen-bond donors (Lipinski definition) is 2. The summed E-state index contributed by atoms with van der Waals surface area (Å²) in [5.41, 5.74) is -0.945.